The molecule has 0 unspecified atom stereocenters. The monoisotopic (exact) mass is 366 g/mol. The summed E-state index contributed by atoms with van der Waals surface area (Å²) in [6.45, 7) is 0. The molecular formula is C12H7BrClF3N2O. The van der Waals surface area contributed by atoms with E-state index < -0.39 is 17.5 Å². The van der Waals surface area contributed by atoms with E-state index in [9.17, 15) is 18.0 Å². The van der Waals surface area contributed by atoms with Gasteiger partial charge in [-0.15, -0.1) is 0 Å². The van der Waals surface area contributed by atoms with Gasteiger partial charge in [0.15, 0.2) is 0 Å². The Morgan fingerprint density at radius 2 is 2.05 bits per heavy atom. The van der Waals surface area contributed by atoms with Gasteiger partial charge in [0.05, 0.1) is 16.8 Å². The van der Waals surface area contributed by atoms with Gasteiger partial charge in [0, 0.05) is 17.1 Å². The summed E-state index contributed by atoms with van der Waals surface area (Å²) in [5.41, 5.74) is -0.977. The van der Waals surface area contributed by atoms with E-state index in [1.165, 1.54) is 30.1 Å². The summed E-state index contributed by atoms with van der Waals surface area (Å²) in [4.78, 5) is 12.2. The van der Waals surface area contributed by atoms with Crippen LogP contribution < -0.4 is 0 Å². The largest absolute Gasteiger partial charge is 0.417 e. The number of benzene rings is 1. The van der Waals surface area contributed by atoms with Gasteiger partial charge in [0.2, 0.25) is 5.78 Å². The third-order valence-corrected chi connectivity index (χ3v) is 3.61. The van der Waals surface area contributed by atoms with Crippen LogP contribution in [0, 0.1) is 0 Å². The average Bonchev–Trinajstić information content (AvgIpc) is 2.67. The van der Waals surface area contributed by atoms with Gasteiger partial charge in [-0.3, -0.25) is 9.48 Å². The third kappa shape index (κ3) is 2.73. The van der Waals surface area contributed by atoms with Crippen LogP contribution in [-0.2, 0) is 13.2 Å². The van der Waals surface area contributed by atoms with Gasteiger partial charge < -0.3 is 0 Å². The number of hydrogen-bond acceptors (Lipinski definition) is 2. The van der Waals surface area contributed by atoms with Crippen LogP contribution in [0.2, 0.25) is 5.02 Å². The molecule has 0 aliphatic rings. The van der Waals surface area contributed by atoms with Crippen LogP contribution in [0.25, 0.3) is 0 Å². The van der Waals surface area contributed by atoms with E-state index in [4.69, 9.17) is 11.6 Å². The van der Waals surface area contributed by atoms with Crippen LogP contribution in [0.4, 0.5) is 13.2 Å². The molecule has 0 saturated carbocycles. The molecule has 1 heterocycles. The van der Waals surface area contributed by atoms with Gasteiger partial charge in [-0.1, -0.05) is 27.5 Å². The second kappa shape index (κ2) is 5.21. The Hall–Kier alpha value is -1.34. The highest BCUT2D eigenvalue weighted by Crippen LogP contribution is 2.35. The van der Waals surface area contributed by atoms with E-state index in [2.05, 4.69) is 21.0 Å². The fourth-order valence-corrected chi connectivity index (χ4v) is 2.41. The summed E-state index contributed by atoms with van der Waals surface area (Å²) in [5.74, 6) is -0.618. The Morgan fingerprint density at radius 3 is 2.55 bits per heavy atom. The molecule has 0 fully saturated rings. The standard InChI is InChI=1S/C12H7BrClF3N2O/c1-19-10(9(14)5-18-19)11(20)6-2-3-8(13)7(4-6)12(15,16)17/h2-5H,1H3. The van der Waals surface area contributed by atoms with Crippen molar-refractivity contribution in [2.45, 2.75) is 6.18 Å². The Kier molecular flexibility index (Phi) is 3.93. The zero-order valence-corrected chi connectivity index (χ0v) is 12.3. The molecule has 3 nitrogen and oxygen atoms in total. The summed E-state index contributed by atoms with van der Waals surface area (Å²) in [5, 5.41) is 3.88. The van der Waals surface area contributed by atoms with E-state index in [0.29, 0.717) is 0 Å². The summed E-state index contributed by atoms with van der Waals surface area (Å²) >= 11 is 8.63. The quantitative estimate of drug-likeness (QED) is 0.750. The van der Waals surface area contributed by atoms with Crippen LogP contribution in [0.15, 0.2) is 28.9 Å². The van der Waals surface area contributed by atoms with Gasteiger partial charge in [0.1, 0.15) is 5.69 Å². The molecule has 0 N–H and O–H groups in total. The third-order valence-electron chi connectivity index (χ3n) is 2.64. The second-order valence-electron chi connectivity index (χ2n) is 3.99. The predicted octanol–water partition coefficient (Wildman–Crippen LogP) is 4.09. The number of hydrogen-bond donors (Lipinski definition) is 0. The summed E-state index contributed by atoms with van der Waals surface area (Å²) < 4.78 is 39.5. The lowest BCUT2D eigenvalue weighted by Crippen LogP contribution is -2.12. The van der Waals surface area contributed by atoms with Gasteiger partial charge in [-0.25, -0.2) is 0 Å². The number of carbonyl (C=O) groups excluding carboxylic acids is 1. The zero-order chi connectivity index (χ0) is 15.1. The molecule has 0 radical (unpaired) electrons. The van der Waals surface area contributed by atoms with Crippen molar-refractivity contribution in [3.8, 4) is 0 Å². The highest BCUT2D eigenvalue weighted by molar-refractivity contribution is 9.10. The number of ketones is 1. The van der Waals surface area contributed by atoms with E-state index in [0.717, 1.165) is 6.07 Å². The Bertz CT molecular complexity index is 662. The number of alkyl halides is 3. The van der Waals surface area contributed by atoms with Crippen LogP contribution in [0.5, 0.6) is 0 Å². The Balaban J connectivity index is 2.52. The van der Waals surface area contributed by atoms with Crippen molar-refractivity contribution < 1.29 is 18.0 Å². The molecule has 2 rings (SSSR count). The second-order valence-corrected chi connectivity index (χ2v) is 5.25. The molecule has 20 heavy (non-hydrogen) atoms. The van der Waals surface area contributed by atoms with E-state index >= 15 is 0 Å². The molecule has 0 aliphatic carbocycles. The predicted molar refractivity (Wildman–Crippen MR) is 70.8 cm³/mol. The summed E-state index contributed by atoms with van der Waals surface area (Å²) in [6.07, 6.45) is -3.29. The molecule has 106 valence electrons. The lowest BCUT2D eigenvalue weighted by atomic mass is 10.0. The van der Waals surface area contributed by atoms with Crippen molar-refractivity contribution in [3.05, 3.63) is 50.7 Å². The normalized spacial score (nSPS) is 11.7. The highest BCUT2D eigenvalue weighted by atomic mass is 79.9. The first-order valence-electron chi connectivity index (χ1n) is 5.30. The van der Waals surface area contributed by atoms with Gasteiger partial charge in [-0.05, 0) is 18.2 Å². The van der Waals surface area contributed by atoms with E-state index in [1.807, 2.05) is 0 Å². The SMILES string of the molecule is Cn1ncc(Cl)c1C(=O)c1ccc(Br)c(C(F)(F)F)c1. The van der Waals surface area contributed by atoms with Crippen molar-refractivity contribution in [3.63, 3.8) is 0 Å². The lowest BCUT2D eigenvalue weighted by Gasteiger charge is -2.11. The molecule has 0 aliphatic heterocycles. The van der Waals surface area contributed by atoms with Crippen LogP contribution >= 0.6 is 27.5 Å². The first-order valence-corrected chi connectivity index (χ1v) is 6.48. The first kappa shape index (κ1) is 15.1. The number of aromatic nitrogens is 2. The summed E-state index contributed by atoms with van der Waals surface area (Å²) in [7, 11) is 1.49. The number of halogens is 5. The lowest BCUT2D eigenvalue weighted by molar-refractivity contribution is -0.138. The maximum atomic E-state index is 12.8. The Labute approximate surface area is 125 Å². The molecule has 2 aromatic rings. The number of nitrogens with zero attached hydrogens (tertiary/aromatic N) is 2. The van der Waals surface area contributed by atoms with Crippen molar-refractivity contribution in [1.82, 2.24) is 9.78 Å². The highest BCUT2D eigenvalue weighted by Gasteiger charge is 2.34. The molecule has 1 aromatic carbocycles. The van der Waals surface area contributed by atoms with Gasteiger partial charge in [-0.2, -0.15) is 18.3 Å². The Morgan fingerprint density at radius 1 is 1.40 bits per heavy atom. The minimum Gasteiger partial charge on any atom is -0.287 e. The van der Waals surface area contributed by atoms with Crippen molar-refractivity contribution >= 4 is 33.3 Å². The minimum atomic E-state index is -4.55. The van der Waals surface area contributed by atoms with Crippen LogP contribution in [0.1, 0.15) is 21.6 Å². The minimum absolute atomic E-state index is 0.0436. The number of aryl methyl sites for hydroxylation is 1. The fraction of sp³-hybridized carbons (Fsp3) is 0.167. The molecule has 8 heteroatoms. The van der Waals surface area contributed by atoms with Crippen LogP contribution in [0.3, 0.4) is 0 Å². The zero-order valence-electron chi connectivity index (χ0n) is 10.0. The molecule has 1 aromatic heterocycles. The molecule has 0 spiro atoms. The molecule has 0 atom stereocenters. The van der Waals surface area contributed by atoms with E-state index in [-0.39, 0.29) is 20.8 Å². The van der Waals surface area contributed by atoms with Crippen LogP contribution in [-0.4, -0.2) is 15.6 Å². The van der Waals surface area contributed by atoms with Gasteiger partial charge in [0.25, 0.3) is 0 Å². The number of rotatable bonds is 2. The molecular weight excluding hydrogens is 360 g/mol. The molecule has 0 amide bonds. The van der Waals surface area contributed by atoms with Crippen molar-refractivity contribution in [1.29, 1.82) is 0 Å². The van der Waals surface area contributed by atoms with Crippen molar-refractivity contribution in [2.24, 2.45) is 7.05 Å². The first-order chi connectivity index (χ1) is 9.21. The maximum absolute atomic E-state index is 12.8. The maximum Gasteiger partial charge on any atom is 0.417 e. The molecule has 0 saturated heterocycles. The topological polar surface area (TPSA) is 34.9 Å². The van der Waals surface area contributed by atoms with Crippen molar-refractivity contribution in [2.75, 3.05) is 0 Å². The smallest absolute Gasteiger partial charge is 0.287 e. The fourth-order valence-electron chi connectivity index (χ4n) is 1.69. The number of carbonyl (C=O) groups is 1. The van der Waals surface area contributed by atoms with E-state index in [1.54, 1.807) is 0 Å². The molecule has 0 bridgehead atoms. The van der Waals surface area contributed by atoms with Gasteiger partial charge >= 0.3 is 6.18 Å². The summed E-state index contributed by atoms with van der Waals surface area (Å²) in [6, 6.07) is 3.26. The average molecular weight is 368 g/mol.